The molecule has 3 rings (SSSR count). The fraction of sp³-hybridized carbons (Fsp3) is 0.500. The third-order valence-electron chi connectivity index (χ3n) is 4.40. The molecule has 1 aliphatic carbocycles. The molecule has 0 unspecified atom stereocenters. The van der Waals surface area contributed by atoms with Crippen LogP contribution in [0, 0.1) is 0 Å². The van der Waals surface area contributed by atoms with Crippen molar-refractivity contribution in [3.63, 3.8) is 0 Å². The van der Waals surface area contributed by atoms with Gasteiger partial charge in [-0.3, -0.25) is 4.79 Å². The number of benzene rings is 1. The SMILES string of the molecule is COc1ccc(-c2noc(CCC(=O)NC3CCCC3)n2)cc1OC. The van der Waals surface area contributed by atoms with E-state index in [1.165, 1.54) is 12.8 Å². The van der Waals surface area contributed by atoms with Gasteiger partial charge in [-0.1, -0.05) is 18.0 Å². The molecule has 0 radical (unpaired) electrons. The number of carbonyl (C=O) groups excluding carboxylic acids is 1. The Morgan fingerprint density at radius 2 is 2.00 bits per heavy atom. The molecule has 2 aromatic rings. The Morgan fingerprint density at radius 3 is 2.72 bits per heavy atom. The maximum atomic E-state index is 12.0. The first-order chi connectivity index (χ1) is 12.2. The number of methoxy groups -OCH3 is 2. The molecule has 1 aromatic carbocycles. The summed E-state index contributed by atoms with van der Waals surface area (Å²) in [5.41, 5.74) is 0.767. The third kappa shape index (κ3) is 4.29. The summed E-state index contributed by atoms with van der Waals surface area (Å²) in [6, 6.07) is 5.75. The van der Waals surface area contributed by atoms with Gasteiger partial charge in [-0.05, 0) is 31.0 Å². The molecule has 0 bridgehead atoms. The topological polar surface area (TPSA) is 86.5 Å². The van der Waals surface area contributed by atoms with Crippen LogP contribution in [0.25, 0.3) is 11.4 Å². The Kier molecular flexibility index (Phi) is 5.53. The van der Waals surface area contributed by atoms with Crippen molar-refractivity contribution in [1.29, 1.82) is 0 Å². The van der Waals surface area contributed by atoms with Gasteiger partial charge >= 0.3 is 0 Å². The van der Waals surface area contributed by atoms with Crippen LogP contribution in [0.5, 0.6) is 11.5 Å². The van der Waals surface area contributed by atoms with Crippen molar-refractivity contribution in [3.05, 3.63) is 24.1 Å². The van der Waals surface area contributed by atoms with Crippen molar-refractivity contribution in [2.24, 2.45) is 0 Å². The number of aryl methyl sites for hydroxylation is 1. The van der Waals surface area contributed by atoms with Gasteiger partial charge in [0.1, 0.15) is 0 Å². The smallest absolute Gasteiger partial charge is 0.227 e. The second-order valence-corrected chi connectivity index (χ2v) is 6.13. The van der Waals surface area contributed by atoms with E-state index in [2.05, 4.69) is 15.5 Å². The number of carbonyl (C=O) groups is 1. The molecule has 25 heavy (non-hydrogen) atoms. The molecule has 7 heteroatoms. The normalized spacial score (nSPS) is 14.5. The van der Waals surface area contributed by atoms with Crippen LogP contribution in [0.4, 0.5) is 0 Å². The van der Waals surface area contributed by atoms with E-state index in [1.54, 1.807) is 26.4 Å². The number of hydrogen-bond donors (Lipinski definition) is 1. The van der Waals surface area contributed by atoms with Crippen molar-refractivity contribution in [3.8, 4) is 22.9 Å². The molecule has 0 aliphatic heterocycles. The second-order valence-electron chi connectivity index (χ2n) is 6.13. The van der Waals surface area contributed by atoms with E-state index < -0.39 is 0 Å². The molecule has 134 valence electrons. The van der Waals surface area contributed by atoms with Crippen molar-refractivity contribution >= 4 is 5.91 Å². The quantitative estimate of drug-likeness (QED) is 0.830. The molecule has 1 aliphatic rings. The zero-order chi connectivity index (χ0) is 17.6. The second kappa shape index (κ2) is 8.00. The minimum atomic E-state index is 0.0396. The zero-order valence-electron chi connectivity index (χ0n) is 14.6. The fourth-order valence-electron chi connectivity index (χ4n) is 3.04. The molecule has 0 saturated heterocycles. The molecule has 1 fully saturated rings. The molecule has 1 aromatic heterocycles. The Morgan fingerprint density at radius 1 is 1.24 bits per heavy atom. The van der Waals surface area contributed by atoms with E-state index in [-0.39, 0.29) is 5.91 Å². The lowest BCUT2D eigenvalue weighted by Crippen LogP contribution is -2.32. The maximum absolute atomic E-state index is 12.0. The Labute approximate surface area is 146 Å². The lowest BCUT2D eigenvalue weighted by atomic mass is 10.2. The van der Waals surface area contributed by atoms with Gasteiger partial charge in [0.2, 0.25) is 17.6 Å². The maximum Gasteiger partial charge on any atom is 0.227 e. The predicted octanol–water partition coefficient (Wildman–Crippen LogP) is 2.75. The number of nitrogens with zero attached hydrogens (tertiary/aromatic N) is 2. The monoisotopic (exact) mass is 345 g/mol. The lowest BCUT2D eigenvalue weighted by Gasteiger charge is -2.10. The Bertz CT molecular complexity index is 723. The van der Waals surface area contributed by atoms with Gasteiger partial charge in [0.15, 0.2) is 11.5 Å². The first kappa shape index (κ1) is 17.3. The highest BCUT2D eigenvalue weighted by molar-refractivity contribution is 5.76. The first-order valence-corrected chi connectivity index (χ1v) is 8.54. The standard InChI is InChI=1S/C18H23N3O4/c1-23-14-8-7-12(11-15(14)24-2)18-20-17(25-21-18)10-9-16(22)19-13-5-3-4-6-13/h7-8,11,13H,3-6,9-10H2,1-2H3,(H,19,22). The fourth-order valence-corrected chi connectivity index (χ4v) is 3.04. The number of rotatable bonds is 7. The van der Waals surface area contributed by atoms with Crippen LogP contribution in [0.1, 0.15) is 38.0 Å². The van der Waals surface area contributed by atoms with Crippen LogP contribution in [0.3, 0.4) is 0 Å². The number of amides is 1. The van der Waals surface area contributed by atoms with E-state index in [0.29, 0.717) is 42.1 Å². The summed E-state index contributed by atoms with van der Waals surface area (Å²) in [5.74, 6) is 2.19. The summed E-state index contributed by atoms with van der Waals surface area (Å²) in [5, 5.41) is 7.04. The van der Waals surface area contributed by atoms with Crippen LogP contribution in [0.2, 0.25) is 0 Å². The van der Waals surface area contributed by atoms with Gasteiger partial charge in [0, 0.05) is 24.4 Å². The van der Waals surface area contributed by atoms with Gasteiger partial charge in [0.05, 0.1) is 14.2 Å². The predicted molar refractivity (Wildman–Crippen MR) is 91.6 cm³/mol. The van der Waals surface area contributed by atoms with Crippen LogP contribution in [0.15, 0.2) is 22.7 Å². The first-order valence-electron chi connectivity index (χ1n) is 8.54. The minimum Gasteiger partial charge on any atom is -0.493 e. The van der Waals surface area contributed by atoms with E-state index >= 15 is 0 Å². The molecule has 0 spiro atoms. The minimum absolute atomic E-state index is 0.0396. The Balaban J connectivity index is 1.59. The molecule has 7 nitrogen and oxygen atoms in total. The molecule has 1 amide bonds. The molecule has 1 heterocycles. The summed E-state index contributed by atoms with van der Waals surface area (Å²) in [6.45, 7) is 0. The average molecular weight is 345 g/mol. The van der Waals surface area contributed by atoms with Crippen molar-refractivity contribution in [2.45, 2.75) is 44.6 Å². The van der Waals surface area contributed by atoms with E-state index in [9.17, 15) is 4.79 Å². The van der Waals surface area contributed by atoms with E-state index in [0.717, 1.165) is 18.4 Å². The average Bonchev–Trinajstić information content (AvgIpc) is 3.31. The van der Waals surface area contributed by atoms with Crippen LogP contribution >= 0.6 is 0 Å². The summed E-state index contributed by atoms with van der Waals surface area (Å²) in [4.78, 5) is 16.3. The van der Waals surface area contributed by atoms with Gasteiger partial charge in [-0.25, -0.2) is 0 Å². The van der Waals surface area contributed by atoms with Crippen LogP contribution in [-0.4, -0.2) is 36.3 Å². The van der Waals surface area contributed by atoms with Gasteiger partial charge < -0.3 is 19.3 Å². The summed E-state index contributed by atoms with van der Waals surface area (Å²) < 4.78 is 15.8. The molecule has 1 saturated carbocycles. The summed E-state index contributed by atoms with van der Waals surface area (Å²) in [6.07, 6.45) is 5.33. The van der Waals surface area contributed by atoms with Crippen molar-refractivity contribution in [2.75, 3.05) is 14.2 Å². The lowest BCUT2D eigenvalue weighted by molar-refractivity contribution is -0.121. The molecular formula is C18H23N3O4. The van der Waals surface area contributed by atoms with Crippen molar-refractivity contribution in [1.82, 2.24) is 15.5 Å². The van der Waals surface area contributed by atoms with E-state index in [1.807, 2.05) is 6.07 Å². The number of ether oxygens (including phenoxy) is 2. The zero-order valence-corrected chi connectivity index (χ0v) is 14.6. The van der Waals surface area contributed by atoms with Gasteiger partial charge in [-0.2, -0.15) is 4.98 Å². The molecular weight excluding hydrogens is 322 g/mol. The van der Waals surface area contributed by atoms with Gasteiger partial charge in [0.25, 0.3) is 0 Å². The van der Waals surface area contributed by atoms with Gasteiger partial charge in [-0.15, -0.1) is 0 Å². The number of nitrogens with one attached hydrogen (secondary N) is 1. The highest BCUT2D eigenvalue weighted by Crippen LogP contribution is 2.31. The van der Waals surface area contributed by atoms with Crippen molar-refractivity contribution < 1.29 is 18.8 Å². The van der Waals surface area contributed by atoms with Crippen LogP contribution in [-0.2, 0) is 11.2 Å². The van der Waals surface area contributed by atoms with Crippen LogP contribution < -0.4 is 14.8 Å². The number of aromatic nitrogens is 2. The molecule has 0 atom stereocenters. The summed E-state index contributed by atoms with van der Waals surface area (Å²) in [7, 11) is 3.16. The van der Waals surface area contributed by atoms with E-state index in [4.69, 9.17) is 14.0 Å². The highest BCUT2D eigenvalue weighted by atomic mass is 16.5. The molecule has 1 N–H and O–H groups in total. The number of hydrogen-bond acceptors (Lipinski definition) is 6. The Hall–Kier alpha value is -2.57. The largest absolute Gasteiger partial charge is 0.493 e. The third-order valence-corrected chi connectivity index (χ3v) is 4.40. The highest BCUT2D eigenvalue weighted by Gasteiger charge is 2.18. The summed E-state index contributed by atoms with van der Waals surface area (Å²) >= 11 is 0.